The van der Waals surface area contributed by atoms with Crippen LogP contribution >= 0.6 is 0 Å². The van der Waals surface area contributed by atoms with Gasteiger partial charge in [-0.1, -0.05) is 38.8 Å². The topological polar surface area (TPSA) is 9.23 Å². The molecule has 1 fully saturated rings. The molecule has 0 spiro atoms. The largest absolute Gasteiger partial charge is 1.00 e. The molecule has 0 radical (unpaired) electrons. The predicted molar refractivity (Wildman–Crippen MR) is 56.2 cm³/mol. The number of hydrogen-bond acceptors (Lipinski definition) is 1. The minimum atomic E-state index is 0. The van der Waals surface area contributed by atoms with Crippen LogP contribution in [0, 0.1) is 17.9 Å². The van der Waals surface area contributed by atoms with Gasteiger partial charge < -0.3 is 4.74 Å². The molecule has 0 unspecified atom stereocenters. The fourth-order valence-electron chi connectivity index (χ4n) is 1.77. The predicted octanol–water partition coefficient (Wildman–Crippen LogP) is 0.570. The number of allylic oxidation sites excluding steroid dienone is 1. The van der Waals surface area contributed by atoms with Crippen molar-refractivity contribution >= 4 is 0 Å². The summed E-state index contributed by atoms with van der Waals surface area (Å²) < 4.78 is 5.53. The van der Waals surface area contributed by atoms with Gasteiger partial charge in [0.2, 0.25) is 0 Å². The molecule has 1 aliphatic rings. The average Bonchev–Trinajstić information content (AvgIpc) is 2.04. The van der Waals surface area contributed by atoms with E-state index in [0.717, 1.165) is 18.8 Å². The van der Waals surface area contributed by atoms with Crippen LogP contribution in [0.25, 0.3) is 0 Å². The van der Waals surface area contributed by atoms with E-state index in [0.29, 0.717) is 11.5 Å². The molecule has 14 heavy (non-hydrogen) atoms. The Labute approximate surface area is 100 Å². The van der Waals surface area contributed by atoms with Crippen LogP contribution in [-0.4, -0.2) is 6.10 Å². The third-order valence-corrected chi connectivity index (χ3v) is 2.80. The van der Waals surface area contributed by atoms with Gasteiger partial charge in [0.15, 0.2) is 0 Å². The Morgan fingerprint density at radius 1 is 1.36 bits per heavy atom. The van der Waals surface area contributed by atoms with Crippen LogP contribution in [0.3, 0.4) is 0 Å². The molecule has 0 aromatic heterocycles. The van der Waals surface area contributed by atoms with Crippen molar-refractivity contribution in [3.8, 4) is 0 Å². The first-order chi connectivity index (χ1) is 6.04. The van der Waals surface area contributed by atoms with Gasteiger partial charge in [0.1, 0.15) is 0 Å². The van der Waals surface area contributed by atoms with Gasteiger partial charge in [-0.2, -0.15) is 6.42 Å². The molecule has 0 aromatic carbocycles. The zero-order valence-electron chi connectivity index (χ0n) is 10.2. The molecule has 2 atom stereocenters. The SMILES string of the molecule is C/C=C/[C@@H]1C[C@@H](C(C)(C)C)C[CH-]O1.[Li+]. The summed E-state index contributed by atoms with van der Waals surface area (Å²) in [5, 5.41) is 0. The summed E-state index contributed by atoms with van der Waals surface area (Å²) in [6.45, 7) is 10.9. The molecule has 0 aromatic rings. The van der Waals surface area contributed by atoms with Gasteiger partial charge in [0.05, 0.1) is 0 Å². The van der Waals surface area contributed by atoms with Crippen molar-refractivity contribution in [3.63, 3.8) is 0 Å². The summed E-state index contributed by atoms with van der Waals surface area (Å²) >= 11 is 0. The summed E-state index contributed by atoms with van der Waals surface area (Å²) in [5.41, 5.74) is 0.403. The summed E-state index contributed by atoms with van der Waals surface area (Å²) in [7, 11) is 0. The molecule has 0 N–H and O–H groups in total. The maximum Gasteiger partial charge on any atom is 1.00 e. The molecule has 1 rings (SSSR count). The van der Waals surface area contributed by atoms with E-state index in [1.54, 1.807) is 0 Å². The van der Waals surface area contributed by atoms with Crippen LogP contribution in [0.2, 0.25) is 0 Å². The molecule has 0 saturated carbocycles. The zero-order valence-corrected chi connectivity index (χ0v) is 10.2. The van der Waals surface area contributed by atoms with Gasteiger partial charge >= 0.3 is 18.9 Å². The normalized spacial score (nSPS) is 28.9. The minimum absolute atomic E-state index is 0. The van der Waals surface area contributed by atoms with Crippen LogP contribution in [0.15, 0.2) is 12.2 Å². The second-order valence-corrected chi connectivity index (χ2v) is 4.90. The van der Waals surface area contributed by atoms with Crippen molar-refractivity contribution in [2.75, 3.05) is 0 Å². The molecular weight excluding hydrogens is 167 g/mol. The van der Waals surface area contributed by atoms with E-state index < -0.39 is 0 Å². The monoisotopic (exact) mass is 188 g/mol. The molecule has 1 nitrogen and oxygen atoms in total. The Hall–Kier alpha value is 0.297. The molecular formula is C12H21LiO. The molecule has 76 valence electrons. The Kier molecular flexibility index (Phi) is 6.13. The second-order valence-electron chi connectivity index (χ2n) is 4.90. The van der Waals surface area contributed by atoms with Gasteiger partial charge in [-0.05, 0) is 18.8 Å². The molecule has 2 heteroatoms. The molecule has 1 saturated heterocycles. The van der Waals surface area contributed by atoms with Crippen LogP contribution in [0.4, 0.5) is 0 Å². The maximum absolute atomic E-state index is 5.53. The molecule has 0 amide bonds. The number of ether oxygens (including phenoxy) is 1. The number of hydrogen-bond donors (Lipinski definition) is 0. The van der Waals surface area contributed by atoms with Crippen molar-refractivity contribution < 1.29 is 23.6 Å². The summed E-state index contributed by atoms with van der Waals surface area (Å²) in [6.07, 6.45) is 6.78. The smallest absolute Gasteiger partial charge is 0.547 e. The van der Waals surface area contributed by atoms with E-state index in [1.807, 2.05) is 13.5 Å². The Bertz CT molecular complexity index is 181. The van der Waals surface area contributed by atoms with Crippen molar-refractivity contribution in [1.82, 2.24) is 0 Å². The van der Waals surface area contributed by atoms with Crippen molar-refractivity contribution in [2.45, 2.75) is 46.6 Å². The van der Waals surface area contributed by atoms with Crippen molar-refractivity contribution in [2.24, 2.45) is 11.3 Å². The van der Waals surface area contributed by atoms with Gasteiger partial charge in [0.25, 0.3) is 0 Å². The fourth-order valence-corrected chi connectivity index (χ4v) is 1.77. The van der Waals surface area contributed by atoms with Crippen LogP contribution in [0.1, 0.15) is 40.5 Å². The summed E-state index contributed by atoms with van der Waals surface area (Å²) in [6, 6.07) is 0. The second kappa shape index (κ2) is 6.01. The number of rotatable bonds is 1. The summed E-state index contributed by atoms with van der Waals surface area (Å²) in [4.78, 5) is 0. The van der Waals surface area contributed by atoms with Gasteiger partial charge in [-0.3, -0.25) is 0 Å². The van der Waals surface area contributed by atoms with E-state index in [1.165, 1.54) is 0 Å². The van der Waals surface area contributed by atoms with Crippen LogP contribution in [-0.2, 0) is 4.74 Å². The quantitative estimate of drug-likeness (QED) is 0.332. The zero-order chi connectivity index (χ0) is 9.90. The minimum Gasteiger partial charge on any atom is -0.547 e. The average molecular weight is 188 g/mol. The van der Waals surface area contributed by atoms with Crippen molar-refractivity contribution in [1.29, 1.82) is 0 Å². The maximum atomic E-state index is 5.53. The van der Waals surface area contributed by atoms with Gasteiger partial charge in [-0.25, -0.2) is 6.61 Å². The van der Waals surface area contributed by atoms with Crippen LogP contribution in [0.5, 0.6) is 0 Å². The van der Waals surface area contributed by atoms with Crippen molar-refractivity contribution in [3.05, 3.63) is 18.8 Å². The van der Waals surface area contributed by atoms with E-state index in [4.69, 9.17) is 4.74 Å². The summed E-state index contributed by atoms with van der Waals surface area (Å²) in [5.74, 6) is 0.752. The third-order valence-electron chi connectivity index (χ3n) is 2.80. The standard InChI is InChI=1S/C12H21O.Li/c1-5-6-11-9-10(7-8-13-11)12(2,3)4;/h5-6,8,10-11H,7,9H2,1-4H3;/q-1;+1/b6-5+;/t10-,11+;/m0./s1. The molecule has 0 aliphatic carbocycles. The van der Waals surface area contributed by atoms with Gasteiger partial charge in [0, 0.05) is 6.10 Å². The first-order valence-electron chi connectivity index (χ1n) is 5.14. The van der Waals surface area contributed by atoms with Gasteiger partial charge in [-0.15, -0.1) is 0 Å². The first kappa shape index (κ1) is 14.3. The van der Waals surface area contributed by atoms with E-state index in [2.05, 4.69) is 32.9 Å². The molecule has 1 aliphatic heterocycles. The molecule has 1 heterocycles. The fraction of sp³-hybridized carbons (Fsp3) is 0.750. The van der Waals surface area contributed by atoms with E-state index in [-0.39, 0.29) is 18.9 Å². The van der Waals surface area contributed by atoms with E-state index in [9.17, 15) is 0 Å². The Morgan fingerprint density at radius 3 is 2.50 bits per heavy atom. The molecule has 0 bridgehead atoms. The Balaban J connectivity index is 0.00000169. The van der Waals surface area contributed by atoms with Crippen LogP contribution < -0.4 is 18.9 Å². The first-order valence-corrected chi connectivity index (χ1v) is 5.14. The Morgan fingerprint density at radius 2 is 2.00 bits per heavy atom. The third kappa shape index (κ3) is 4.21. The van der Waals surface area contributed by atoms with E-state index >= 15 is 0 Å².